The van der Waals surface area contributed by atoms with Crippen LogP contribution in [0.15, 0.2) is 17.0 Å². The number of aliphatic carboxylic acids is 1. The summed E-state index contributed by atoms with van der Waals surface area (Å²) in [5, 5.41) is 19.3. The van der Waals surface area contributed by atoms with Gasteiger partial charge in [-0.2, -0.15) is 4.72 Å². The normalized spacial score (nSPS) is 11.3. The van der Waals surface area contributed by atoms with E-state index in [-0.39, 0.29) is 16.1 Å². The zero-order chi connectivity index (χ0) is 14.8. The zero-order valence-corrected chi connectivity index (χ0v) is 11.0. The highest BCUT2D eigenvalue weighted by Crippen LogP contribution is 2.26. The number of sulfonamides is 1. The summed E-state index contributed by atoms with van der Waals surface area (Å²) in [6.07, 6.45) is 0. The minimum Gasteiger partial charge on any atom is -0.480 e. The standard InChI is InChI=1S/C10H12N2O6S/c1-6-3-8(12(15)16)7(2)9(4-6)19(17,18)11-5-10(13)14/h3-4,11H,5H2,1-2H3,(H,13,14). The molecule has 19 heavy (non-hydrogen) atoms. The first-order chi connectivity index (χ1) is 8.65. The fourth-order valence-electron chi connectivity index (χ4n) is 1.51. The van der Waals surface area contributed by atoms with Gasteiger partial charge in [-0.15, -0.1) is 0 Å². The Morgan fingerprint density at radius 3 is 2.47 bits per heavy atom. The average Bonchev–Trinajstić information content (AvgIpc) is 2.28. The maximum atomic E-state index is 11.9. The van der Waals surface area contributed by atoms with E-state index in [0.717, 1.165) is 0 Å². The van der Waals surface area contributed by atoms with Crippen molar-refractivity contribution in [2.24, 2.45) is 0 Å². The molecule has 0 spiro atoms. The summed E-state index contributed by atoms with van der Waals surface area (Å²) in [5.41, 5.74) is 0.0391. The van der Waals surface area contributed by atoms with Crippen LogP contribution in [0, 0.1) is 24.0 Å². The lowest BCUT2D eigenvalue weighted by atomic mass is 10.1. The molecule has 0 amide bonds. The van der Waals surface area contributed by atoms with Crippen LogP contribution in [-0.4, -0.2) is 31.0 Å². The Morgan fingerprint density at radius 2 is 2.00 bits per heavy atom. The van der Waals surface area contributed by atoms with Crippen molar-refractivity contribution in [1.82, 2.24) is 4.72 Å². The Hall–Kier alpha value is -2.00. The molecule has 0 bridgehead atoms. The lowest BCUT2D eigenvalue weighted by molar-refractivity contribution is -0.385. The number of hydrogen-bond donors (Lipinski definition) is 2. The summed E-state index contributed by atoms with van der Waals surface area (Å²) in [5.74, 6) is -1.34. The third-order valence-electron chi connectivity index (χ3n) is 2.38. The first-order valence-corrected chi connectivity index (χ1v) is 6.60. The monoisotopic (exact) mass is 288 g/mol. The maximum Gasteiger partial charge on any atom is 0.318 e. The molecule has 0 saturated heterocycles. The molecule has 0 aliphatic heterocycles. The molecule has 0 radical (unpaired) electrons. The molecule has 8 nitrogen and oxygen atoms in total. The number of rotatable bonds is 5. The van der Waals surface area contributed by atoms with Crippen molar-refractivity contribution < 1.29 is 23.2 Å². The highest BCUT2D eigenvalue weighted by atomic mass is 32.2. The van der Waals surface area contributed by atoms with E-state index in [9.17, 15) is 23.3 Å². The molecule has 0 saturated carbocycles. The Kier molecular flexibility index (Phi) is 4.22. The minimum absolute atomic E-state index is 0.0338. The number of carboxylic acid groups (broad SMARTS) is 1. The molecule has 1 aromatic rings. The van der Waals surface area contributed by atoms with Gasteiger partial charge in [-0.3, -0.25) is 14.9 Å². The molecule has 0 aromatic heterocycles. The lowest BCUT2D eigenvalue weighted by Crippen LogP contribution is -2.30. The van der Waals surface area contributed by atoms with E-state index in [1.54, 1.807) is 0 Å². The number of benzene rings is 1. The van der Waals surface area contributed by atoms with Gasteiger partial charge in [0.1, 0.15) is 6.54 Å². The van der Waals surface area contributed by atoms with Crippen LogP contribution >= 0.6 is 0 Å². The van der Waals surface area contributed by atoms with E-state index in [2.05, 4.69) is 0 Å². The third kappa shape index (κ3) is 3.48. The van der Waals surface area contributed by atoms with Gasteiger partial charge in [0.15, 0.2) is 0 Å². The van der Waals surface area contributed by atoms with Gasteiger partial charge in [0.2, 0.25) is 10.0 Å². The minimum atomic E-state index is -4.10. The van der Waals surface area contributed by atoms with Crippen molar-refractivity contribution in [3.63, 3.8) is 0 Å². The number of carboxylic acids is 1. The number of carbonyl (C=O) groups is 1. The summed E-state index contributed by atoms with van der Waals surface area (Å²) < 4.78 is 25.6. The first kappa shape index (κ1) is 15.1. The molecule has 0 fully saturated rings. The van der Waals surface area contributed by atoms with Crippen LogP contribution in [0.2, 0.25) is 0 Å². The molecule has 0 aliphatic rings. The fourth-order valence-corrected chi connectivity index (χ4v) is 2.83. The van der Waals surface area contributed by atoms with Crippen LogP contribution < -0.4 is 4.72 Å². The molecule has 1 aromatic carbocycles. The van der Waals surface area contributed by atoms with Crippen molar-refractivity contribution in [3.05, 3.63) is 33.4 Å². The van der Waals surface area contributed by atoms with Gasteiger partial charge in [0.25, 0.3) is 5.69 Å². The maximum absolute atomic E-state index is 11.9. The van der Waals surface area contributed by atoms with Crippen LogP contribution in [0.25, 0.3) is 0 Å². The van der Waals surface area contributed by atoms with Crippen LogP contribution in [0.4, 0.5) is 5.69 Å². The van der Waals surface area contributed by atoms with Gasteiger partial charge in [-0.1, -0.05) is 0 Å². The molecule has 0 heterocycles. The van der Waals surface area contributed by atoms with E-state index in [4.69, 9.17) is 5.11 Å². The smallest absolute Gasteiger partial charge is 0.318 e. The Balaban J connectivity index is 3.34. The van der Waals surface area contributed by atoms with E-state index >= 15 is 0 Å². The van der Waals surface area contributed by atoms with Gasteiger partial charge < -0.3 is 5.11 Å². The Labute approximate surface area is 109 Å². The quantitative estimate of drug-likeness (QED) is 0.602. The van der Waals surface area contributed by atoms with Crippen LogP contribution in [0.1, 0.15) is 11.1 Å². The molecule has 0 atom stereocenters. The molecule has 0 aliphatic carbocycles. The van der Waals surface area contributed by atoms with Crippen LogP contribution in [0.5, 0.6) is 0 Å². The van der Waals surface area contributed by atoms with Crippen molar-refractivity contribution >= 4 is 21.7 Å². The second-order valence-corrected chi connectivity index (χ2v) is 5.62. The molecule has 9 heteroatoms. The van der Waals surface area contributed by atoms with E-state index in [1.165, 1.54) is 26.0 Å². The number of nitro benzene ring substituents is 1. The van der Waals surface area contributed by atoms with Crippen molar-refractivity contribution in [1.29, 1.82) is 0 Å². The van der Waals surface area contributed by atoms with Crippen LogP contribution in [0.3, 0.4) is 0 Å². The Morgan fingerprint density at radius 1 is 1.42 bits per heavy atom. The summed E-state index contributed by atoms with van der Waals surface area (Å²) in [4.78, 5) is 20.2. The van der Waals surface area contributed by atoms with Crippen LogP contribution in [-0.2, 0) is 14.8 Å². The molecule has 1 rings (SSSR count). The Bertz CT molecular complexity index is 638. The SMILES string of the molecule is Cc1cc([N+](=O)[O-])c(C)c(S(=O)(=O)NCC(=O)O)c1. The predicted molar refractivity (Wildman–Crippen MR) is 65.4 cm³/mol. The highest BCUT2D eigenvalue weighted by Gasteiger charge is 2.24. The molecule has 2 N–H and O–H groups in total. The number of aryl methyl sites for hydroxylation is 1. The largest absolute Gasteiger partial charge is 0.480 e. The van der Waals surface area contributed by atoms with Crippen molar-refractivity contribution in [2.75, 3.05) is 6.54 Å². The van der Waals surface area contributed by atoms with Gasteiger partial charge in [0, 0.05) is 11.6 Å². The summed E-state index contributed by atoms with van der Waals surface area (Å²) in [6, 6.07) is 2.51. The summed E-state index contributed by atoms with van der Waals surface area (Å²) in [7, 11) is -4.10. The van der Waals surface area contributed by atoms with E-state index in [0.29, 0.717) is 5.56 Å². The van der Waals surface area contributed by atoms with Gasteiger partial charge in [-0.25, -0.2) is 8.42 Å². The lowest BCUT2D eigenvalue weighted by Gasteiger charge is -2.09. The van der Waals surface area contributed by atoms with Gasteiger partial charge in [0.05, 0.1) is 9.82 Å². The summed E-state index contributed by atoms with van der Waals surface area (Å²) in [6.45, 7) is 2.03. The number of nitrogens with zero attached hydrogens (tertiary/aromatic N) is 1. The van der Waals surface area contributed by atoms with Crippen molar-refractivity contribution in [3.8, 4) is 0 Å². The zero-order valence-electron chi connectivity index (χ0n) is 10.2. The molecule has 0 unspecified atom stereocenters. The van der Waals surface area contributed by atoms with Gasteiger partial charge in [-0.05, 0) is 25.5 Å². The molecule has 104 valence electrons. The van der Waals surface area contributed by atoms with Gasteiger partial charge >= 0.3 is 5.97 Å². The second-order valence-electron chi connectivity index (χ2n) is 3.88. The second kappa shape index (κ2) is 5.33. The topological polar surface area (TPSA) is 127 Å². The number of nitro groups is 1. The fraction of sp³-hybridized carbons (Fsp3) is 0.300. The third-order valence-corrected chi connectivity index (χ3v) is 3.90. The molecular formula is C10H12N2O6S. The highest BCUT2D eigenvalue weighted by molar-refractivity contribution is 7.89. The predicted octanol–water partition coefficient (Wildman–Crippen LogP) is 0.575. The summed E-state index contributed by atoms with van der Waals surface area (Å²) >= 11 is 0. The first-order valence-electron chi connectivity index (χ1n) is 5.12. The van der Waals surface area contributed by atoms with E-state index < -0.39 is 27.5 Å². The van der Waals surface area contributed by atoms with Crippen molar-refractivity contribution in [2.45, 2.75) is 18.7 Å². The van der Waals surface area contributed by atoms with E-state index in [1.807, 2.05) is 4.72 Å². The average molecular weight is 288 g/mol. The molecular weight excluding hydrogens is 276 g/mol. The number of nitrogens with one attached hydrogen (secondary N) is 1. The number of hydrogen-bond acceptors (Lipinski definition) is 5.